The van der Waals surface area contributed by atoms with E-state index in [4.69, 9.17) is 19.2 Å². The average molecular weight is 547 g/mol. The van der Waals surface area contributed by atoms with Crippen molar-refractivity contribution in [1.29, 1.82) is 0 Å². The number of aryl methyl sites for hydroxylation is 3. The zero-order chi connectivity index (χ0) is 28.2. The van der Waals surface area contributed by atoms with Gasteiger partial charge in [-0.25, -0.2) is 9.97 Å². The number of nitrogens with zero attached hydrogens (tertiary/aromatic N) is 4. The second-order valence-electron chi connectivity index (χ2n) is 10.5. The topological polar surface area (TPSA) is 109 Å². The Hall–Kier alpha value is -4.76. The molecule has 1 amide bonds. The van der Waals surface area contributed by atoms with Gasteiger partial charge in [0.2, 0.25) is 0 Å². The molecule has 0 radical (unpaired) electrons. The van der Waals surface area contributed by atoms with Crippen molar-refractivity contribution in [1.82, 2.24) is 30.3 Å². The molecule has 0 bridgehead atoms. The molecule has 0 spiro atoms. The van der Waals surface area contributed by atoms with Gasteiger partial charge in [-0.2, -0.15) is 0 Å². The summed E-state index contributed by atoms with van der Waals surface area (Å²) in [7, 11) is 1.67. The van der Waals surface area contributed by atoms with Gasteiger partial charge in [0.15, 0.2) is 0 Å². The number of carbonyl (C=O) groups excluding carboxylic acids is 1. The number of amides is 1. The lowest BCUT2D eigenvalue weighted by Crippen LogP contribution is -2.46. The van der Waals surface area contributed by atoms with Crippen LogP contribution in [-0.2, 0) is 0 Å². The van der Waals surface area contributed by atoms with Crippen molar-refractivity contribution >= 4 is 38.6 Å². The molecular formula is C32H30N6O3. The number of aromatic nitrogens is 4. The van der Waals surface area contributed by atoms with Crippen LogP contribution < -0.4 is 10.1 Å². The standard InChI is InChI=1S/C32H30N6O3/c1-17-28(18(2)41-37-17)25-15-26-24(16-27(25)40-4)29-30(34-19(3)35-31(29)36-26)22-9-10-23(21-8-6-5-7-20(21)22)32(39)38-13-11-33-12-14-38/h5-10,15-16,33H,11-14H2,1-4H3,(H,34,35,36). The lowest BCUT2D eigenvalue weighted by atomic mass is 9.94. The minimum Gasteiger partial charge on any atom is -0.496 e. The molecule has 1 fully saturated rings. The Morgan fingerprint density at radius 2 is 1.73 bits per heavy atom. The largest absolute Gasteiger partial charge is 0.496 e. The van der Waals surface area contributed by atoms with E-state index in [-0.39, 0.29) is 5.91 Å². The maximum atomic E-state index is 13.6. The van der Waals surface area contributed by atoms with Crippen LogP contribution in [0, 0.1) is 20.8 Å². The highest BCUT2D eigenvalue weighted by Crippen LogP contribution is 2.42. The van der Waals surface area contributed by atoms with Gasteiger partial charge in [0.25, 0.3) is 5.91 Å². The number of nitrogens with one attached hydrogen (secondary N) is 2. The molecule has 0 saturated carbocycles. The van der Waals surface area contributed by atoms with E-state index in [0.29, 0.717) is 30.2 Å². The second kappa shape index (κ2) is 9.71. The third-order valence-corrected chi connectivity index (χ3v) is 8.00. The number of hydrogen-bond donors (Lipinski definition) is 2. The molecule has 0 atom stereocenters. The molecule has 2 N–H and O–H groups in total. The molecule has 1 aliphatic rings. The second-order valence-corrected chi connectivity index (χ2v) is 10.5. The smallest absolute Gasteiger partial charge is 0.254 e. The molecule has 9 heteroatoms. The number of aromatic amines is 1. The van der Waals surface area contributed by atoms with Crippen molar-refractivity contribution in [2.45, 2.75) is 20.8 Å². The van der Waals surface area contributed by atoms with E-state index in [1.165, 1.54) is 0 Å². The monoisotopic (exact) mass is 546 g/mol. The van der Waals surface area contributed by atoms with Gasteiger partial charge in [-0.15, -0.1) is 0 Å². The number of H-pyrrole nitrogens is 1. The predicted octanol–water partition coefficient (Wildman–Crippen LogP) is 5.57. The van der Waals surface area contributed by atoms with Crippen LogP contribution in [0.25, 0.3) is 55.1 Å². The highest BCUT2D eigenvalue weighted by atomic mass is 16.5. The first-order valence-electron chi connectivity index (χ1n) is 13.8. The Morgan fingerprint density at radius 3 is 2.46 bits per heavy atom. The molecule has 1 aliphatic heterocycles. The average Bonchev–Trinajstić information content (AvgIpc) is 3.52. The molecule has 4 heterocycles. The van der Waals surface area contributed by atoms with E-state index in [0.717, 1.165) is 79.6 Å². The third kappa shape index (κ3) is 4.03. The maximum absolute atomic E-state index is 13.6. The fourth-order valence-electron chi connectivity index (χ4n) is 6.09. The van der Waals surface area contributed by atoms with Crippen LogP contribution in [0.15, 0.2) is 53.1 Å². The van der Waals surface area contributed by atoms with E-state index < -0.39 is 0 Å². The molecule has 6 aromatic rings. The van der Waals surface area contributed by atoms with Gasteiger partial charge in [-0.3, -0.25) is 4.79 Å². The van der Waals surface area contributed by atoms with Gasteiger partial charge in [0.1, 0.15) is 23.0 Å². The lowest BCUT2D eigenvalue weighted by Gasteiger charge is -2.28. The van der Waals surface area contributed by atoms with Crippen molar-refractivity contribution < 1.29 is 14.1 Å². The molecule has 206 valence electrons. The molecule has 3 aromatic carbocycles. The van der Waals surface area contributed by atoms with Gasteiger partial charge >= 0.3 is 0 Å². The summed E-state index contributed by atoms with van der Waals surface area (Å²) in [6.45, 7) is 8.74. The van der Waals surface area contributed by atoms with Gasteiger partial charge in [-0.1, -0.05) is 35.5 Å². The summed E-state index contributed by atoms with van der Waals surface area (Å²) < 4.78 is 11.3. The van der Waals surface area contributed by atoms with Crippen LogP contribution in [0.1, 0.15) is 27.6 Å². The summed E-state index contributed by atoms with van der Waals surface area (Å²) in [5, 5.41) is 11.2. The number of carbonyl (C=O) groups is 1. The summed E-state index contributed by atoms with van der Waals surface area (Å²) in [6.07, 6.45) is 0. The molecule has 7 rings (SSSR count). The van der Waals surface area contributed by atoms with Crippen LogP contribution in [0.2, 0.25) is 0 Å². The summed E-state index contributed by atoms with van der Waals surface area (Å²) in [5.74, 6) is 2.15. The molecular weight excluding hydrogens is 516 g/mol. The van der Waals surface area contributed by atoms with Crippen LogP contribution in [0.4, 0.5) is 0 Å². The lowest BCUT2D eigenvalue weighted by molar-refractivity contribution is 0.0738. The number of piperazine rings is 1. The molecule has 0 unspecified atom stereocenters. The normalized spacial score (nSPS) is 13.9. The molecule has 0 aliphatic carbocycles. The van der Waals surface area contributed by atoms with Crippen LogP contribution in [0.5, 0.6) is 5.75 Å². The highest BCUT2D eigenvalue weighted by molar-refractivity contribution is 6.17. The number of fused-ring (bicyclic) bond motifs is 4. The number of methoxy groups -OCH3 is 1. The number of rotatable bonds is 4. The van der Waals surface area contributed by atoms with Gasteiger partial charge in [0.05, 0.1) is 29.4 Å². The summed E-state index contributed by atoms with van der Waals surface area (Å²) in [6, 6.07) is 16.1. The maximum Gasteiger partial charge on any atom is 0.254 e. The first-order chi connectivity index (χ1) is 19.9. The zero-order valence-corrected chi connectivity index (χ0v) is 23.5. The van der Waals surface area contributed by atoms with E-state index in [2.05, 4.69) is 27.6 Å². The molecule has 9 nitrogen and oxygen atoms in total. The van der Waals surface area contributed by atoms with Gasteiger partial charge < -0.3 is 24.5 Å². The van der Waals surface area contributed by atoms with Crippen LogP contribution in [-0.4, -0.2) is 64.2 Å². The predicted molar refractivity (Wildman–Crippen MR) is 159 cm³/mol. The van der Waals surface area contributed by atoms with E-state index in [1.54, 1.807) is 7.11 Å². The third-order valence-electron chi connectivity index (χ3n) is 8.00. The fourth-order valence-corrected chi connectivity index (χ4v) is 6.09. The van der Waals surface area contributed by atoms with Crippen molar-refractivity contribution in [3.05, 3.63) is 71.4 Å². The Kier molecular flexibility index (Phi) is 5.97. The molecule has 3 aromatic heterocycles. The summed E-state index contributed by atoms with van der Waals surface area (Å²) >= 11 is 0. The number of benzene rings is 3. The summed E-state index contributed by atoms with van der Waals surface area (Å²) in [4.78, 5) is 28.7. The van der Waals surface area contributed by atoms with Crippen molar-refractivity contribution in [2.75, 3.05) is 33.3 Å². The minimum atomic E-state index is 0.0574. The number of hydrogen-bond acceptors (Lipinski definition) is 7. The Labute approximate surface area is 236 Å². The van der Waals surface area contributed by atoms with Crippen LogP contribution >= 0.6 is 0 Å². The fraction of sp³-hybridized carbons (Fsp3) is 0.250. The van der Waals surface area contributed by atoms with Crippen LogP contribution in [0.3, 0.4) is 0 Å². The summed E-state index contributed by atoms with van der Waals surface area (Å²) in [5.41, 5.74) is 6.73. The Balaban J connectivity index is 1.46. The molecule has 1 saturated heterocycles. The van der Waals surface area contributed by atoms with Gasteiger partial charge in [0, 0.05) is 53.8 Å². The van der Waals surface area contributed by atoms with Gasteiger partial charge in [-0.05, 0) is 49.7 Å². The minimum absolute atomic E-state index is 0.0574. The SMILES string of the molecule is COc1cc2c(cc1-c1c(C)noc1C)[nH]c1nc(C)nc(-c3ccc(C(=O)N4CCNCC4)c4ccccc34)c12. The van der Waals surface area contributed by atoms with Crippen molar-refractivity contribution in [3.8, 4) is 28.1 Å². The van der Waals surface area contributed by atoms with E-state index in [9.17, 15) is 4.79 Å². The van der Waals surface area contributed by atoms with Crippen molar-refractivity contribution in [3.63, 3.8) is 0 Å². The Bertz CT molecular complexity index is 1960. The number of ether oxygens (including phenoxy) is 1. The van der Waals surface area contributed by atoms with E-state index >= 15 is 0 Å². The highest BCUT2D eigenvalue weighted by Gasteiger charge is 2.24. The zero-order valence-electron chi connectivity index (χ0n) is 23.5. The van der Waals surface area contributed by atoms with E-state index in [1.807, 2.05) is 62.1 Å². The quantitative estimate of drug-likeness (QED) is 0.298. The van der Waals surface area contributed by atoms with Crippen molar-refractivity contribution in [2.24, 2.45) is 0 Å². The molecule has 41 heavy (non-hydrogen) atoms. The first kappa shape index (κ1) is 25.2. The Morgan fingerprint density at radius 1 is 0.951 bits per heavy atom. The first-order valence-corrected chi connectivity index (χ1v) is 13.8.